The molecule has 0 saturated carbocycles. The summed E-state index contributed by atoms with van der Waals surface area (Å²) in [6.45, 7) is 3.64. The molecule has 1 fully saturated rings. The molecule has 1 heterocycles. The van der Waals surface area contributed by atoms with Gasteiger partial charge in [0.05, 0.1) is 11.5 Å². The maximum Gasteiger partial charge on any atom is 0.188 e. The van der Waals surface area contributed by atoms with E-state index in [0.717, 1.165) is 5.56 Å². The van der Waals surface area contributed by atoms with Crippen LogP contribution in [0, 0.1) is 13.8 Å². The van der Waals surface area contributed by atoms with Gasteiger partial charge in [-0.1, -0.05) is 23.8 Å². The van der Waals surface area contributed by atoms with Crippen LogP contribution >= 0.6 is 0 Å². The Kier molecular flexibility index (Phi) is 3.27. The molecule has 100 valence electrons. The van der Waals surface area contributed by atoms with Crippen LogP contribution in [0.4, 0.5) is 0 Å². The molecule has 0 spiro atoms. The van der Waals surface area contributed by atoms with E-state index < -0.39 is 24.3 Å². The van der Waals surface area contributed by atoms with Crippen LogP contribution in [0.15, 0.2) is 18.2 Å². The first kappa shape index (κ1) is 13.5. The summed E-state index contributed by atoms with van der Waals surface area (Å²) >= 11 is 0. The molecule has 2 rings (SSSR count). The molecule has 6 heteroatoms. The van der Waals surface area contributed by atoms with Gasteiger partial charge in [-0.15, -0.1) is 0 Å². The first-order chi connectivity index (χ1) is 8.24. The molecule has 0 bridgehead atoms. The highest BCUT2D eigenvalue weighted by atomic mass is 32.3. The van der Waals surface area contributed by atoms with Crippen LogP contribution in [0.5, 0.6) is 0 Å². The van der Waals surface area contributed by atoms with Crippen LogP contribution in [0.25, 0.3) is 0 Å². The first-order valence-electron chi connectivity index (χ1n) is 5.74. The third-order valence-electron chi connectivity index (χ3n) is 3.19. The van der Waals surface area contributed by atoms with Crippen molar-refractivity contribution < 1.29 is 16.8 Å². The van der Waals surface area contributed by atoms with Gasteiger partial charge in [0.15, 0.2) is 24.3 Å². The standard InChI is InChI=1S/C12H16O4S2/c1-9-4-5-11(10(2)8-9)12-17(13,14)6-3-7-18(12,15)16/h4-5,8,12H,3,6-7H2,1-2H3. The number of hydrogen-bond donors (Lipinski definition) is 0. The van der Waals surface area contributed by atoms with E-state index in [1.165, 1.54) is 0 Å². The summed E-state index contributed by atoms with van der Waals surface area (Å²) in [7, 11) is -7.22. The number of aryl methyl sites for hydroxylation is 2. The average Bonchev–Trinajstić information content (AvgIpc) is 2.19. The minimum absolute atomic E-state index is 0.0514. The second kappa shape index (κ2) is 4.35. The summed E-state index contributed by atoms with van der Waals surface area (Å²) in [5.41, 5.74) is 2.11. The van der Waals surface area contributed by atoms with Crippen molar-refractivity contribution >= 4 is 19.7 Å². The number of hydrogen-bond acceptors (Lipinski definition) is 4. The number of sulfone groups is 2. The zero-order chi connectivity index (χ0) is 13.6. The Morgan fingerprint density at radius 2 is 1.56 bits per heavy atom. The molecule has 1 aromatic carbocycles. The van der Waals surface area contributed by atoms with Gasteiger partial charge < -0.3 is 0 Å². The third-order valence-corrected chi connectivity index (χ3v) is 8.48. The van der Waals surface area contributed by atoms with Crippen molar-refractivity contribution in [3.8, 4) is 0 Å². The number of benzene rings is 1. The molecule has 0 atom stereocenters. The predicted molar refractivity (Wildman–Crippen MR) is 70.8 cm³/mol. The van der Waals surface area contributed by atoms with E-state index in [9.17, 15) is 16.8 Å². The van der Waals surface area contributed by atoms with E-state index in [4.69, 9.17) is 0 Å². The largest absolute Gasteiger partial charge is 0.227 e. The minimum Gasteiger partial charge on any atom is -0.227 e. The third kappa shape index (κ3) is 2.31. The first-order valence-corrected chi connectivity index (χ1v) is 9.17. The van der Waals surface area contributed by atoms with E-state index >= 15 is 0 Å². The summed E-state index contributed by atoms with van der Waals surface area (Å²) in [6, 6.07) is 5.19. The molecule has 0 amide bonds. The summed E-state index contributed by atoms with van der Waals surface area (Å²) in [6.07, 6.45) is 0.200. The van der Waals surface area contributed by atoms with Crippen molar-refractivity contribution in [1.82, 2.24) is 0 Å². The predicted octanol–water partition coefficient (Wildman–Crippen LogP) is 1.54. The Morgan fingerprint density at radius 3 is 2.06 bits per heavy atom. The van der Waals surface area contributed by atoms with Crippen molar-refractivity contribution in [2.24, 2.45) is 0 Å². The summed E-state index contributed by atoms with van der Waals surface area (Å²) in [5.74, 6) is -0.103. The molecule has 18 heavy (non-hydrogen) atoms. The zero-order valence-electron chi connectivity index (χ0n) is 10.4. The molecule has 4 nitrogen and oxygen atoms in total. The number of rotatable bonds is 1. The second-order valence-electron chi connectivity index (χ2n) is 4.78. The molecule has 1 aliphatic heterocycles. The van der Waals surface area contributed by atoms with E-state index in [1.807, 2.05) is 13.0 Å². The summed E-state index contributed by atoms with van der Waals surface area (Å²) < 4.78 is 46.8. The lowest BCUT2D eigenvalue weighted by Gasteiger charge is -2.24. The molecule has 0 N–H and O–H groups in total. The van der Waals surface area contributed by atoms with Crippen LogP contribution in [-0.4, -0.2) is 28.3 Å². The molecule has 1 saturated heterocycles. The highest BCUT2D eigenvalue weighted by molar-refractivity contribution is 8.09. The van der Waals surface area contributed by atoms with Gasteiger partial charge in [0, 0.05) is 0 Å². The molecular weight excluding hydrogens is 272 g/mol. The molecule has 0 unspecified atom stereocenters. The average molecular weight is 288 g/mol. The van der Waals surface area contributed by atoms with Crippen LogP contribution in [0.3, 0.4) is 0 Å². The lowest BCUT2D eigenvalue weighted by Crippen LogP contribution is -2.33. The van der Waals surface area contributed by atoms with Crippen molar-refractivity contribution in [2.45, 2.75) is 24.9 Å². The van der Waals surface area contributed by atoms with Gasteiger partial charge in [0.2, 0.25) is 0 Å². The van der Waals surface area contributed by atoms with Gasteiger partial charge in [-0.3, -0.25) is 0 Å². The zero-order valence-corrected chi connectivity index (χ0v) is 12.0. The molecule has 1 aromatic rings. The highest BCUT2D eigenvalue weighted by Crippen LogP contribution is 2.36. The lowest BCUT2D eigenvalue weighted by atomic mass is 10.1. The Labute approximate surface area is 108 Å². The normalized spacial score (nSPS) is 22.8. The fraction of sp³-hybridized carbons (Fsp3) is 0.500. The van der Waals surface area contributed by atoms with Gasteiger partial charge in [-0.2, -0.15) is 0 Å². The van der Waals surface area contributed by atoms with Gasteiger partial charge in [-0.05, 0) is 31.4 Å². The molecule has 0 aromatic heterocycles. The van der Waals surface area contributed by atoms with Crippen molar-refractivity contribution in [3.05, 3.63) is 34.9 Å². The topological polar surface area (TPSA) is 68.3 Å². The molecule has 0 radical (unpaired) electrons. The van der Waals surface area contributed by atoms with E-state index in [2.05, 4.69) is 0 Å². The minimum atomic E-state index is -3.61. The second-order valence-corrected chi connectivity index (χ2v) is 9.49. The molecule has 1 aliphatic rings. The quantitative estimate of drug-likeness (QED) is 0.786. The Bertz CT molecular complexity index is 638. The highest BCUT2D eigenvalue weighted by Gasteiger charge is 2.42. The van der Waals surface area contributed by atoms with E-state index in [1.54, 1.807) is 19.1 Å². The fourth-order valence-corrected chi connectivity index (χ4v) is 7.75. The van der Waals surface area contributed by atoms with Crippen LogP contribution in [0.1, 0.15) is 27.7 Å². The van der Waals surface area contributed by atoms with Gasteiger partial charge in [0.1, 0.15) is 0 Å². The van der Waals surface area contributed by atoms with Crippen molar-refractivity contribution in [3.63, 3.8) is 0 Å². The molecule has 0 aliphatic carbocycles. The van der Waals surface area contributed by atoms with E-state index in [0.29, 0.717) is 11.1 Å². The van der Waals surface area contributed by atoms with Crippen LogP contribution < -0.4 is 0 Å². The van der Waals surface area contributed by atoms with Crippen LogP contribution in [-0.2, 0) is 19.7 Å². The maximum atomic E-state index is 12.1. The fourth-order valence-electron chi connectivity index (χ4n) is 2.38. The summed E-state index contributed by atoms with van der Waals surface area (Å²) in [4.78, 5) is 0. The van der Waals surface area contributed by atoms with E-state index in [-0.39, 0.29) is 17.9 Å². The van der Waals surface area contributed by atoms with Gasteiger partial charge >= 0.3 is 0 Å². The van der Waals surface area contributed by atoms with Crippen LogP contribution in [0.2, 0.25) is 0 Å². The SMILES string of the molecule is Cc1ccc(C2S(=O)(=O)CCCS2(=O)=O)c(C)c1. The lowest BCUT2D eigenvalue weighted by molar-refractivity contribution is 0.567. The maximum absolute atomic E-state index is 12.1. The van der Waals surface area contributed by atoms with Crippen molar-refractivity contribution in [1.29, 1.82) is 0 Å². The Hall–Kier alpha value is -0.880. The smallest absolute Gasteiger partial charge is 0.188 e. The Morgan fingerprint density at radius 1 is 1.00 bits per heavy atom. The molecular formula is C12H16O4S2. The van der Waals surface area contributed by atoms with Gasteiger partial charge in [-0.25, -0.2) is 16.8 Å². The summed E-state index contributed by atoms with van der Waals surface area (Å²) in [5, 5.41) is 0. The monoisotopic (exact) mass is 288 g/mol. The Balaban J connectivity index is 2.66. The van der Waals surface area contributed by atoms with Crippen molar-refractivity contribution in [2.75, 3.05) is 11.5 Å². The van der Waals surface area contributed by atoms with Gasteiger partial charge in [0.25, 0.3) is 0 Å².